The van der Waals surface area contributed by atoms with Gasteiger partial charge in [0.05, 0.1) is 30.4 Å². The van der Waals surface area contributed by atoms with Crippen LogP contribution in [0.15, 0.2) is 48.8 Å². The lowest BCUT2D eigenvalue weighted by Gasteiger charge is -2.32. The Hall–Kier alpha value is -3.89. The van der Waals surface area contributed by atoms with Gasteiger partial charge in [0.2, 0.25) is 5.88 Å². The van der Waals surface area contributed by atoms with Crippen LogP contribution < -0.4 is 14.8 Å². The molecule has 3 aromatic rings. The molecule has 4 heterocycles. The van der Waals surface area contributed by atoms with Gasteiger partial charge in [-0.15, -0.1) is 0 Å². The Kier molecular flexibility index (Phi) is 8.13. The Morgan fingerprint density at radius 3 is 2.54 bits per heavy atom. The van der Waals surface area contributed by atoms with E-state index in [2.05, 4.69) is 51.3 Å². The monoisotopic (exact) mass is 532 g/mol. The normalized spacial score (nSPS) is 18.4. The molecule has 0 spiro atoms. The fraction of sp³-hybridized carbons (Fsp3) is 0.414. The first kappa shape index (κ1) is 26.7. The van der Waals surface area contributed by atoms with Crippen molar-refractivity contribution in [2.45, 2.75) is 32.4 Å². The number of aromatic amines is 1. The number of methoxy groups -OCH3 is 1. The Morgan fingerprint density at radius 2 is 1.85 bits per heavy atom. The molecule has 39 heavy (non-hydrogen) atoms. The van der Waals surface area contributed by atoms with E-state index in [9.17, 15) is 4.79 Å². The third-order valence-electron chi connectivity index (χ3n) is 6.84. The first-order chi connectivity index (χ1) is 18.9. The summed E-state index contributed by atoms with van der Waals surface area (Å²) in [6.45, 7) is 7.62. The number of H-pyrrole nitrogens is 1. The van der Waals surface area contributed by atoms with E-state index < -0.39 is 0 Å². The molecule has 0 radical (unpaired) electrons. The van der Waals surface area contributed by atoms with Gasteiger partial charge in [-0.25, -0.2) is 9.97 Å². The fourth-order valence-corrected chi connectivity index (χ4v) is 4.71. The molecule has 2 atom stereocenters. The molecule has 1 amide bonds. The Labute approximate surface area is 229 Å². The van der Waals surface area contributed by atoms with E-state index in [1.54, 1.807) is 12.0 Å². The summed E-state index contributed by atoms with van der Waals surface area (Å²) < 4.78 is 17.4. The van der Waals surface area contributed by atoms with Crippen molar-refractivity contribution >= 4 is 11.6 Å². The number of hydrogen-bond donors (Lipinski definition) is 2. The van der Waals surface area contributed by atoms with Gasteiger partial charge in [0.1, 0.15) is 23.3 Å². The lowest BCUT2D eigenvalue weighted by Crippen LogP contribution is -2.47. The first-order valence-electron chi connectivity index (χ1n) is 13.3. The number of rotatable bonds is 9. The number of nitrogens with one attached hydrogen (secondary N) is 2. The second-order valence-electron chi connectivity index (χ2n) is 10.2. The second-order valence-corrected chi connectivity index (χ2v) is 10.2. The lowest BCUT2D eigenvalue weighted by atomic mass is 10.1. The summed E-state index contributed by atoms with van der Waals surface area (Å²) in [6, 6.07) is 10.2. The van der Waals surface area contributed by atoms with E-state index in [4.69, 9.17) is 14.2 Å². The topological polar surface area (TPSA) is 105 Å². The summed E-state index contributed by atoms with van der Waals surface area (Å²) >= 11 is 0. The standard InChI is InChI=1S/C29H36N6O4/c1-19-5-6-25(32-19)26-8-7-24(33-26)21-13-22(38-20(2)18-37-4)15-23(14-21)39-28-17-30-27(16-31-28)29(36)35-11-9-34(3)10-12-35/h6-8,13-17,19-20,32-33H,5,9-12,18H2,1-4H3/t19-,20-/m0/s1. The molecule has 1 saturated heterocycles. The van der Waals surface area contributed by atoms with Gasteiger partial charge in [-0.3, -0.25) is 4.79 Å². The number of benzene rings is 1. The highest BCUT2D eigenvalue weighted by molar-refractivity contribution is 5.92. The highest BCUT2D eigenvalue weighted by Crippen LogP contribution is 2.33. The molecule has 0 aliphatic carbocycles. The maximum atomic E-state index is 12.8. The first-order valence-corrected chi connectivity index (χ1v) is 13.3. The van der Waals surface area contributed by atoms with Crippen LogP contribution >= 0.6 is 0 Å². The van der Waals surface area contributed by atoms with Crippen molar-refractivity contribution < 1.29 is 19.0 Å². The van der Waals surface area contributed by atoms with E-state index in [0.717, 1.165) is 42.2 Å². The largest absolute Gasteiger partial charge is 0.488 e. The number of aromatic nitrogens is 3. The Morgan fingerprint density at radius 1 is 1.08 bits per heavy atom. The molecular formula is C29H36N6O4. The van der Waals surface area contributed by atoms with Crippen LogP contribution in [0.25, 0.3) is 17.0 Å². The van der Waals surface area contributed by atoms with E-state index in [1.165, 1.54) is 12.4 Å². The number of ether oxygens (including phenoxy) is 3. The Balaban J connectivity index is 1.35. The molecule has 206 valence electrons. The Bertz CT molecular complexity index is 1310. The molecule has 10 heteroatoms. The zero-order chi connectivity index (χ0) is 27.4. The van der Waals surface area contributed by atoms with Gasteiger partial charge in [0.25, 0.3) is 5.91 Å². The molecular weight excluding hydrogens is 496 g/mol. The van der Waals surface area contributed by atoms with Crippen LogP contribution in [0.1, 0.15) is 36.5 Å². The van der Waals surface area contributed by atoms with Crippen LogP contribution in [-0.2, 0) is 4.74 Å². The van der Waals surface area contributed by atoms with Gasteiger partial charge in [0, 0.05) is 56.7 Å². The van der Waals surface area contributed by atoms with E-state index >= 15 is 0 Å². The van der Waals surface area contributed by atoms with Crippen molar-refractivity contribution in [2.24, 2.45) is 0 Å². The molecule has 1 aromatic carbocycles. The summed E-state index contributed by atoms with van der Waals surface area (Å²) in [5.74, 6) is 1.36. The van der Waals surface area contributed by atoms with Crippen LogP contribution in [0.3, 0.4) is 0 Å². The summed E-state index contributed by atoms with van der Waals surface area (Å²) in [6.07, 6.45) is 6.02. The molecule has 5 rings (SSSR count). The number of carbonyl (C=O) groups is 1. The number of nitrogens with zero attached hydrogens (tertiary/aromatic N) is 4. The molecule has 10 nitrogen and oxygen atoms in total. The predicted octanol–water partition coefficient (Wildman–Crippen LogP) is 3.79. The van der Waals surface area contributed by atoms with Gasteiger partial charge >= 0.3 is 0 Å². The van der Waals surface area contributed by atoms with Crippen LogP contribution in [0.2, 0.25) is 0 Å². The minimum Gasteiger partial charge on any atom is -0.488 e. The fourth-order valence-electron chi connectivity index (χ4n) is 4.71. The van der Waals surface area contributed by atoms with Crippen molar-refractivity contribution in [3.8, 4) is 28.6 Å². The molecule has 2 aliphatic heterocycles. The minimum absolute atomic E-state index is 0.115. The maximum Gasteiger partial charge on any atom is 0.274 e. The number of likely N-dealkylation sites (N-methyl/N-ethyl adjacent to an activating group) is 1. The molecule has 0 bridgehead atoms. The van der Waals surface area contributed by atoms with Crippen LogP contribution in [-0.4, -0.2) is 89.7 Å². The van der Waals surface area contributed by atoms with Crippen LogP contribution in [0.5, 0.6) is 17.4 Å². The summed E-state index contributed by atoms with van der Waals surface area (Å²) in [5.41, 5.74) is 4.28. The van der Waals surface area contributed by atoms with E-state index in [-0.39, 0.29) is 12.0 Å². The molecule has 2 N–H and O–H groups in total. The second kappa shape index (κ2) is 11.9. The van der Waals surface area contributed by atoms with Crippen molar-refractivity contribution in [2.75, 3.05) is 46.9 Å². The minimum atomic E-state index is -0.147. The van der Waals surface area contributed by atoms with E-state index in [0.29, 0.717) is 48.8 Å². The summed E-state index contributed by atoms with van der Waals surface area (Å²) in [4.78, 5) is 29.0. The van der Waals surface area contributed by atoms with Gasteiger partial charge in [-0.2, -0.15) is 0 Å². The van der Waals surface area contributed by atoms with Gasteiger partial charge in [-0.1, -0.05) is 6.08 Å². The molecule has 2 aromatic heterocycles. The van der Waals surface area contributed by atoms with Crippen molar-refractivity contribution in [3.05, 3.63) is 60.2 Å². The quantitative estimate of drug-likeness (QED) is 0.429. The van der Waals surface area contributed by atoms with Gasteiger partial charge in [0.15, 0.2) is 0 Å². The number of carbonyl (C=O) groups excluding carboxylic acids is 1. The zero-order valence-electron chi connectivity index (χ0n) is 22.9. The molecule has 0 saturated carbocycles. The predicted molar refractivity (Wildman–Crippen MR) is 149 cm³/mol. The SMILES string of the molecule is COC[C@H](C)Oc1cc(Oc2cnc(C(=O)N3CCN(C)CC3)cn2)cc(-c2ccc(C3=CC[C@H](C)N3)[nH]2)c1. The molecule has 0 unspecified atom stereocenters. The third-order valence-corrected chi connectivity index (χ3v) is 6.84. The third kappa shape index (κ3) is 6.58. The average Bonchev–Trinajstić information content (AvgIpc) is 3.59. The summed E-state index contributed by atoms with van der Waals surface area (Å²) in [5, 5.41) is 3.49. The molecule has 1 fully saturated rings. The molecule has 2 aliphatic rings. The lowest BCUT2D eigenvalue weighted by molar-refractivity contribution is 0.0657. The number of amides is 1. The number of piperazine rings is 1. The average molecular weight is 533 g/mol. The van der Waals surface area contributed by atoms with Gasteiger partial charge in [-0.05, 0) is 51.6 Å². The highest BCUT2D eigenvalue weighted by Gasteiger charge is 2.22. The smallest absolute Gasteiger partial charge is 0.274 e. The number of hydrogen-bond acceptors (Lipinski definition) is 8. The summed E-state index contributed by atoms with van der Waals surface area (Å²) in [7, 11) is 3.70. The van der Waals surface area contributed by atoms with Crippen LogP contribution in [0.4, 0.5) is 0 Å². The van der Waals surface area contributed by atoms with Crippen molar-refractivity contribution in [1.82, 2.24) is 30.1 Å². The van der Waals surface area contributed by atoms with Crippen molar-refractivity contribution in [3.63, 3.8) is 0 Å². The van der Waals surface area contributed by atoms with Crippen molar-refractivity contribution in [1.29, 1.82) is 0 Å². The van der Waals surface area contributed by atoms with E-state index in [1.807, 2.05) is 31.2 Å². The highest BCUT2D eigenvalue weighted by atomic mass is 16.5. The zero-order valence-corrected chi connectivity index (χ0v) is 22.9. The van der Waals surface area contributed by atoms with Crippen LogP contribution in [0, 0.1) is 0 Å². The maximum absolute atomic E-state index is 12.8. The van der Waals surface area contributed by atoms with Gasteiger partial charge < -0.3 is 34.3 Å².